The molecular weight excluding hydrogens is 290 g/mol. The maximum Gasteiger partial charge on any atom is 0.338 e. The van der Waals surface area contributed by atoms with E-state index < -0.39 is 16.8 Å². The van der Waals surface area contributed by atoms with Gasteiger partial charge in [0, 0.05) is 27.5 Å². The summed E-state index contributed by atoms with van der Waals surface area (Å²) in [4.78, 5) is 24.1. The van der Waals surface area contributed by atoms with E-state index in [1.165, 1.54) is 12.1 Å². The topological polar surface area (TPSA) is 72.5 Å². The minimum atomic E-state index is -1.09. The van der Waals surface area contributed by atoms with Crippen LogP contribution in [0.3, 0.4) is 0 Å². The van der Waals surface area contributed by atoms with Crippen LogP contribution in [0, 0.1) is 0 Å². The van der Waals surface area contributed by atoms with Gasteiger partial charge in [0.05, 0.1) is 5.56 Å². The number of carbonyl (C=O) groups is 2. The Morgan fingerprint density at radius 3 is 2.29 bits per heavy atom. The van der Waals surface area contributed by atoms with Crippen LogP contribution in [0.5, 0.6) is 0 Å². The molecule has 0 fully saturated rings. The summed E-state index contributed by atoms with van der Waals surface area (Å²) in [5.41, 5.74) is 0.00261. The van der Waals surface area contributed by atoms with Crippen molar-refractivity contribution in [3.63, 3.8) is 0 Å². The summed E-state index contributed by atoms with van der Waals surface area (Å²) in [6.45, 7) is 5.45. The van der Waals surface area contributed by atoms with Crippen LogP contribution < -0.4 is 5.32 Å². The average Bonchev–Trinajstić information content (AvgIpc) is 2.44. The van der Waals surface area contributed by atoms with Gasteiger partial charge in [-0.1, -0.05) is 6.92 Å². The maximum absolute atomic E-state index is 11.8. The lowest BCUT2D eigenvalue weighted by molar-refractivity contribution is -0.125. The van der Waals surface area contributed by atoms with E-state index in [2.05, 4.69) is 5.32 Å². The first-order chi connectivity index (χ1) is 9.75. The van der Waals surface area contributed by atoms with Crippen LogP contribution in [-0.2, 0) is 20.3 Å². The second-order valence-corrected chi connectivity index (χ2v) is 6.72. The lowest BCUT2D eigenvalue weighted by Crippen LogP contribution is -2.44. The van der Waals surface area contributed by atoms with Gasteiger partial charge in [0.25, 0.3) is 5.91 Å². The zero-order chi connectivity index (χ0) is 16.0. The molecule has 0 saturated carbocycles. The number of benzene rings is 1. The van der Waals surface area contributed by atoms with E-state index in [1.807, 2.05) is 20.8 Å². The number of hydrogen-bond acceptors (Lipinski definition) is 4. The van der Waals surface area contributed by atoms with E-state index in [0.29, 0.717) is 10.5 Å². The smallest absolute Gasteiger partial charge is 0.338 e. The van der Waals surface area contributed by atoms with Gasteiger partial charge in [-0.2, -0.15) is 0 Å². The third kappa shape index (κ3) is 5.67. The Balaban J connectivity index is 2.54. The second kappa shape index (κ2) is 7.36. The highest BCUT2D eigenvalue weighted by molar-refractivity contribution is 7.84. The summed E-state index contributed by atoms with van der Waals surface area (Å²) >= 11 is 0. The third-order valence-corrected chi connectivity index (χ3v) is 4.05. The van der Waals surface area contributed by atoms with Crippen LogP contribution in [-0.4, -0.2) is 34.5 Å². The van der Waals surface area contributed by atoms with Gasteiger partial charge in [-0.3, -0.25) is 9.00 Å². The van der Waals surface area contributed by atoms with Crippen LogP contribution >= 0.6 is 0 Å². The molecule has 0 heterocycles. The Morgan fingerprint density at radius 1 is 1.24 bits per heavy atom. The first-order valence-electron chi connectivity index (χ1n) is 6.67. The van der Waals surface area contributed by atoms with Gasteiger partial charge in [0.2, 0.25) is 0 Å². The van der Waals surface area contributed by atoms with Gasteiger partial charge in [-0.15, -0.1) is 0 Å². The number of carbonyl (C=O) groups excluding carboxylic acids is 2. The van der Waals surface area contributed by atoms with Crippen molar-refractivity contribution in [2.75, 3.05) is 12.9 Å². The van der Waals surface area contributed by atoms with Gasteiger partial charge >= 0.3 is 5.97 Å². The zero-order valence-electron chi connectivity index (χ0n) is 12.8. The summed E-state index contributed by atoms with van der Waals surface area (Å²) in [5, 5.41) is 2.78. The molecule has 0 saturated heterocycles. The number of esters is 1. The predicted molar refractivity (Wildman–Crippen MR) is 81.6 cm³/mol. The fourth-order valence-corrected chi connectivity index (χ4v) is 2.02. The quantitative estimate of drug-likeness (QED) is 0.814. The predicted octanol–water partition coefficient (Wildman–Crippen LogP) is 1.89. The molecule has 116 valence electrons. The molecule has 5 nitrogen and oxygen atoms in total. The molecule has 0 radical (unpaired) electrons. The Kier molecular flexibility index (Phi) is 6.08. The molecule has 0 aliphatic heterocycles. The Morgan fingerprint density at radius 2 is 1.81 bits per heavy atom. The number of amides is 1. The molecule has 1 unspecified atom stereocenters. The molecule has 1 atom stereocenters. The fraction of sp³-hybridized carbons (Fsp3) is 0.467. The number of nitrogens with one attached hydrogen (secondary N) is 1. The molecule has 0 aliphatic carbocycles. The highest BCUT2D eigenvalue weighted by Gasteiger charge is 2.19. The highest BCUT2D eigenvalue weighted by atomic mass is 32.2. The average molecular weight is 311 g/mol. The number of ether oxygens (including phenoxy) is 1. The summed E-state index contributed by atoms with van der Waals surface area (Å²) in [5.74, 6) is -0.908. The van der Waals surface area contributed by atoms with Gasteiger partial charge in [0.1, 0.15) is 0 Å². The number of hydrogen-bond donors (Lipinski definition) is 1. The van der Waals surface area contributed by atoms with E-state index >= 15 is 0 Å². The van der Waals surface area contributed by atoms with E-state index in [-0.39, 0.29) is 18.1 Å². The molecular formula is C15H21NO4S. The van der Waals surface area contributed by atoms with Crippen molar-refractivity contribution >= 4 is 22.7 Å². The van der Waals surface area contributed by atoms with Crippen molar-refractivity contribution in [1.82, 2.24) is 5.32 Å². The Hall–Kier alpha value is -1.69. The second-order valence-electron chi connectivity index (χ2n) is 5.34. The van der Waals surface area contributed by atoms with Crippen LogP contribution in [0.25, 0.3) is 0 Å². The Labute approximate surface area is 127 Å². The van der Waals surface area contributed by atoms with Crippen molar-refractivity contribution in [2.24, 2.45) is 0 Å². The number of rotatable bonds is 6. The Bertz CT molecular complexity index is 537. The standard InChI is InChI=1S/C15H21NO4S/c1-5-15(2,3)16-13(17)10-20-14(18)11-6-8-12(9-7-11)21(4)19/h6-9H,5,10H2,1-4H3,(H,16,17). The molecule has 1 amide bonds. The molecule has 1 N–H and O–H groups in total. The van der Waals surface area contributed by atoms with E-state index in [1.54, 1.807) is 18.4 Å². The highest BCUT2D eigenvalue weighted by Crippen LogP contribution is 2.09. The molecule has 0 aromatic heterocycles. The largest absolute Gasteiger partial charge is 0.452 e. The van der Waals surface area contributed by atoms with Gasteiger partial charge in [-0.05, 0) is 44.5 Å². The minimum absolute atomic E-state index is 0.316. The lowest BCUT2D eigenvalue weighted by Gasteiger charge is -2.24. The fourth-order valence-electron chi connectivity index (χ4n) is 1.50. The van der Waals surface area contributed by atoms with Crippen molar-refractivity contribution < 1.29 is 18.5 Å². The van der Waals surface area contributed by atoms with Gasteiger partial charge in [-0.25, -0.2) is 4.79 Å². The monoisotopic (exact) mass is 311 g/mol. The van der Waals surface area contributed by atoms with Gasteiger partial charge < -0.3 is 10.1 Å². The van der Waals surface area contributed by atoms with E-state index in [9.17, 15) is 13.8 Å². The van der Waals surface area contributed by atoms with Crippen LogP contribution in [0.4, 0.5) is 0 Å². The molecule has 1 aromatic carbocycles. The van der Waals surface area contributed by atoms with E-state index in [0.717, 1.165) is 6.42 Å². The molecule has 6 heteroatoms. The zero-order valence-corrected chi connectivity index (χ0v) is 13.6. The summed E-state index contributed by atoms with van der Waals surface area (Å²) in [7, 11) is -1.09. The molecule has 0 bridgehead atoms. The molecule has 0 spiro atoms. The maximum atomic E-state index is 11.8. The summed E-state index contributed by atoms with van der Waals surface area (Å²) in [6, 6.07) is 6.28. The minimum Gasteiger partial charge on any atom is -0.452 e. The van der Waals surface area contributed by atoms with Gasteiger partial charge in [0.15, 0.2) is 6.61 Å². The van der Waals surface area contributed by atoms with Crippen LogP contribution in [0.2, 0.25) is 0 Å². The lowest BCUT2D eigenvalue weighted by atomic mass is 10.0. The first kappa shape index (κ1) is 17.4. The normalized spacial score (nSPS) is 12.6. The summed E-state index contributed by atoms with van der Waals surface area (Å²) in [6.07, 6.45) is 2.34. The molecule has 0 aliphatic rings. The van der Waals surface area contributed by atoms with Crippen LogP contribution in [0.1, 0.15) is 37.6 Å². The third-order valence-electron chi connectivity index (χ3n) is 3.12. The molecule has 21 heavy (non-hydrogen) atoms. The van der Waals surface area contributed by atoms with Crippen molar-refractivity contribution in [3.8, 4) is 0 Å². The summed E-state index contributed by atoms with van der Waals surface area (Å²) < 4.78 is 16.2. The van der Waals surface area contributed by atoms with E-state index in [4.69, 9.17) is 4.74 Å². The van der Waals surface area contributed by atoms with Crippen molar-refractivity contribution in [3.05, 3.63) is 29.8 Å². The van der Waals surface area contributed by atoms with Crippen molar-refractivity contribution in [1.29, 1.82) is 0 Å². The van der Waals surface area contributed by atoms with Crippen LogP contribution in [0.15, 0.2) is 29.2 Å². The SMILES string of the molecule is CCC(C)(C)NC(=O)COC(=O)c1ccc(S(C)=O)cc1. The molecule has 1 rings (SSSR count). The first-order valence-corrected chi connectivity index (χ1v) is 8.22. The molecule has 1 aromatic rings. The van der Waals surface area contributed by atoms with Crippen molar-refractivity contribution in [2.45, 2.75) is 37.6 Å².